The average Bonchev–Trinajstić information content (AvgIpc) is 2.37. The van der Waals surface area contributed by atoms with Gasteiger partial charge in [0.05, 0.1) is 18.2 Å². The Balaban J connectivity index is 2.67. The van der Waals surface area contributed by atoms with Crippen LogP contribution in [0.1, 0.15) is 17.3 Å². The molecule has 0 aliphatic heterocycles. The molecular formula is C12H16N2O4. The molecule has 0 saturated carbocycles. The van der Waals surface area contributed by atoms with Crippen LogP contribution in [0.2, 0.25) is 0 Å². The van der Waals surface area contributed by atoms with Crippen LogP contribution in [0.5, 0.6) is 0 Å². The third-order valence-corrected chi connectivity index (χ3v) is 2.63. The van der Waals surface area contributed by atoms with Gasteiger partial charge in [-0.05, 0) is 31.2 Å². The van der Waals surface area contributed by atoms with Crippen molar-refractivity contribution in [3.05, 3.63) is 29.8 Å². The van der Waals surface area contributed by atoms with E-state index < -0.39 is 5.97 Å². The van der Waals surface area contributed by atoms with Crippen molar-refractivity contribution in [1.29, 1.82) is 0 Å². The fraction of sp³-hybridized carbons (Fsp3) is 0.333. The molecule has 1 unspecified atom stereocenters. The van der Waals surface area contributed by atoms with Crippen molar-refractivity contribution in [1.82, 2.24) is 4.90 Å². The molecule has 0 aliphatic carbocycles. The van der Waals surface area contributed by atoms with Gasteiger partial charge in [-0.25, -0.2) is 9.59 Å². The highest BCUT2D eigenvalue weighted by molar-refractivity contribution is 5.91. The van der Waals surface area contributed by atoms with Gasteiger partial charge in [0.15, 0.2) is 0 Å². The molecule has 0 heterocycles. The number of nitrogens with one attached hydrogen (secondary N) is 1. The molecule has 1 aromatic carbocycles. The largest absolute Gasteiger partial charge is 0.478 e. The second-order valence-electron chi connectivity index (χ2n) is 3.96. The Morgan fingerprint density at radius 2 is 1.89 bits per heavy atom. The summed E-state index contributed by atoms with van der Waals surface area (Å²) in [5.74, 6) is -1.01. The predicted molar refractivity (Wildman–Crippen MR) is 66.7 cm³/mol. The number of anilines is 1. The van der Waals surface area contributed by atoms with Crippen molar-refractivity contribution in [2.45, 2.75) is 13.0 Å². The Morgan fingerprint density at radius 3 is 2.33 bits per heavy atom. The highest BCUT2D eigenvalue weighted by Crippen LogP contribution is 2.10. The molecule has 6 heteroatoms. The van der Waals surface area contributed by atoms with Gasteiger partial charge in [-0.3, -0.25) is 0 Å². The summed E-state index contributed by atoms with van der Waals surface area (Å²) in [5.41, 5.74) is 0.659. The molecule has 0 saturated heterocycles. The first-order valence-corrected chi connectivity index (χ1v) is 5.43. The van der Waals surface area contributed by atoms with Gasteiger partial charge in [0.25, 0.3) is 0 Å². The SMILES string of the molecule is CC(CO)N(C)C(=O)Nc1ccc(C(=O)O)cc1. The summed E-state index contributed by atoms with van der Waals surface area (Å²) in [7, 11) is 1.57. The van der Waals surface area contributed by atoms with Crippen LogP contribution in [0.3, 0.4) is 0 Å². The van der Waals surface area contributed by atoms with Crippen molar-refractivity contribution in [3.63, 3.8) is 0 Å². The van der Waals surface area contributed by atoms with E-state index in [2.05, 4.69) is 5.32 Å². The maximum atomic E-state index is 11.7. The maximum absolute atomic E-state index is 11.7. The molecule has 1 rings (SSSR count). The second kappa shape index (κ2) is 6.02. The first-order valence-electron chi connectivity index (χ1n) is 5.43. The van der Waals surface area contributed by atoms with Gasteiger partial charge >= 0.3 is 12.0 Å². The lowest BCUT2D eigenvalue weighted by Crippen LogP contribution is -2.40. The number of aromatic carboxylic acids is 1. The van der Waals surface area contributed by atoms with Crippen LogP contribution in [-0.4, -0.2) is 46.8 Å². The predicted octanol–water partition coefficient (Wildman–Crippen LogP) is 1.23. The van der Waals surface area contributed by atoms with Crippen LogP contribution < -0.4 is 5.32 Å². The van der Waals surface area contributed by atoms with E-state index in [0.29, 0.717) is 5.69 Å². The molecule has 0 spiro atoms. The minimum atomic E-state index is -1.01. The molecule has 6 nitrogen and oxygen atoms in total. The molecule has 3 N–H and O–H groups in total. The number of carboxylic acid groups (broad SMARTS) is 1. The summed E-state index contributed by atoms with van der Waals surface area (Å²) in [6.07, 6.45) is 0. The van der Waals surface area contributed by atoms with Crippen LogP contribution in [-0.2, 0) is 0 Å². The number of carboxylic acids is 1. The van der Waals surface area contributed by atoms with Crippen LogP contribution in [0.4, 0.5) is 10.5 Å². The summed E-state index contributed by atoms with van der Waals surface area (Å²) in [5, 5.41) is 20.3. The number of amides is 2. The molecule has 1 atom stereocenters. The first-order chi connectivity index (χ1) is 8.45. The van der Waals surface area contributed by atoms with Gasteiger partial charge in [-0.2, -0.15) is 0 Å². The Bertz CT molecular complexity index is 430. The normalized spacial score (nSPS) is 11.7. The van der Waals surface area contributed by atoms with Gasteiger partial charge < -0.3 is 20.4 Å². The van der Waals surface area contributed by atoms with Gasteiger partial charge in [-0.15, -0.1) is 0 Å². The summed E-state index contributed by atoms with van der Waals surface area (Å²) in [4.78, 5) is 23.7. The zero-order valence-electron chi connectivity index (χ0n) is 10.3. The Kier molecular flexibility index (Phi) is 4.67. The van der Waals surface area contributed by atoms with Crippen LogP contribution in [0.25, 0.3) is 0 Å². The van der Waals surface area contributed by atoms with Gasteiger partial charge in [0.1, 0.15) is 0 Å². The lowest BCUT2D eigenvalue weighted by Gasteiger charge is -2.23. The van der Waals surface area contributed by atoms with E-state index in [-0.39, 0.29) is 24.2 Å². The third-order valence-electron chi connectivity index (χ3n) is 2.63. The standard InChI is InChI=1S/C12H16N2O4/c1-8(7-15)14(2)12(18)13-10-5-3-9(4-6-10)11(16)17/h3-6,8,15H,7H2,1-2H3,(H,13,18)(H,16,17). The fourth-order valence-corrected chi connectivity index (χ4v) is 1.23. The minimum absolute atomic E-state index is 0.123. The molecule has 0 bridgehead atoms. The van der Waals surface area contributed by atoms with Gasteiger partial charge in [0.2, 0.25) is 0 Å². The average molecular weight is 252 g/mol. The Hall–Kier alpha value is -2.08. The number of carbonyl (C=O) groups is 2. The number of nitrogens with zero attached hydrogens (tertiary/aromatic N) is 1. The molecule has 0 aliphatic rings. The van der Waals surface area contributed by atoms with E-state index in [1.54, 1.807) is 14.0 Å². The van der Waals surface area contributed by atoms with Crippen molar-refractivity contribution < 1.29 is 19.8 Å². The lowest BCUT2D eigenvalue weighted by molar-refractivity contribution is 0.0697. The Morgan fingerprint density at radius 1 is 1.33 bits per heavy atom. The quantitative estimate of drug-likeness (QED) is 0.751. The topological polar surface area (TPSA) is 89.9 Å². The summed E-state index contributed by atoms with van der Waals surface area (Å²) in [6.45, 7) is 1.59. The van der Waals surface area contributed by atoms with E-state index in [1.165, 1.54) is 29.2 Å². The number of hydrogen-bond donors (Lipinski definition) is 3. The Labute approximate surface area is 105 Å². The van der Waals surface area contributed by atoms with Crippen LogP contribution >= 0.6 is 0 Å². The van der Waals surface area contributed by atoms with E-state index in [1.807, 2.05) is 0 Å². The second-order valence-corrected chi connectivity index (χ2v) is 3.96. The highest BCUT2D eigenvalue weighted by Gasteiger charge is 2.14. The van der Waals surface area contributed by atoms with Crippen molar-refractivity contribution in [2.75, 3.05) is 19.0 Å². The highest BCUT2D eigenvalue weighted by atomic mass is 16.4. The van der Waals surface area contributed by atoms with E-state index in [4.69, 9.17) is 10.2 Å². The number of hydrogen-bond acceptors (Lipinski definition) is 3. The fourth-order valence-electron chi connectivity index (χ4n) is 1.23. The molecule has 2 amide bonds. The van der Waals surface area contributed by atoms with Crippen LogP contribution in [0, 0.1) is 0 Å². The van der Waals surface area contributed by atoms with Crippen LogP contribution in [0.15, 0.2) is 24.3 Å². The summed E-state index contributed by atoms with van der Waals surface area (Å²) >= 11 is 0. The van der Waals surface area contributed by atoms with Gasteiger partial charge in [0, 0.05) is 12.7 Å². The van der Waals surface area contributed by atoms with Crippen molar-refractivity contribution in [3.8, 4) is 0 Å². The summed E-state index contributed by atoms with van der Waals surface area (Å²) in [6, 6.07) is 5.20. The molecule has 1 aromatic rings. The maximum Gasteiger partial charge on any atom is 0.335 e. The van der Waals surface area contributed by atoms with E-state index in [0.717, 1.165) is 0 Å². The number of carbonyl (C=O) groups excluding carboxylic acids is 1. The summed E-state index contributed by atoms with van der Waals surface area (Å²) < 4.78 is 0. The minimum Gasteiger partial charge on any atom is -0.478 e. The smallest absolute Gasteiger partial charge is 0.335 e. The lowest BCUT2D eigenvalue weighted by atomic mass is 10.2. The molecule has 0 fully saturated rings. The van der Waals surface area contributed by atoms with E-state index >= 15 is 0 Å². The number of likely N-dealkylation sites (N-methyl/N-ethyl adjacent to an activating group) is 1. The van der Waals surface area contributed by atoms with Crippen molar-refractivity contribution in [2.24, 2.45) is 0 Å². The molecular weight excluding hydrogens is 236 g/mol. The number of aliphatic hydroxyl groups excluding tert-OH is 1. The van der Waals surface area contributed by atoms with Gasteiger partial charge in [-0.1, -0.05) is 0 Å². The number of rotatable bonds is 4. The first kappa shape index (κ1) is 14.0. The molecule has 18 heavy (non-hydrogen) atoms. The van der Waals surface area contributed by atoms with E-state index in [9.17, 15) is 9.59 Å². The molecule has 0 aromatic heterocycles. The number of benzene rings is 1. The van der Waals surface area contributed by atoms with Crippen molar-refractivity contribution >= 4 is 17.7 Å². The molecule has 0 radical (unpaired) electrons. The third kappa shape index (κ3) is 3.46. The number of urea groups is 1. The molecule has 98 valence electrons. The zero-order chi connectivity index (χ0) is 13.7. The number of aliphatic hydroxyl groups is 1. The monoisotopic (exact) mass is 252 g/mol. The zero-order valence-corrected chi connectivity index (χ0v) is 10.3.